The number of carboxylic acid groups (broad SMARTS) is 1. The number of non-ortho nitro benzene ring substituents is 1. The maximum absolute atomic E-state index is 12.5. The van der Waals surface area contributed by atoms with E-state index < -0.39 is 22.7 Å². The molecule has 2 aromatic rings. The van der Waals surface area contributed by atoms with Gasteiger partial charge in [-0.1, -0.05) is 12.1 Å². The topological polar surface area (TPSA) is 119 Å². The molecule has 1 atom stereocenters. The summed E-state index contributed by atoms with van der Waals surface area (Å²) in [6.45, 7) is 0. The van der Waals surface area contributed by atoms with Crippen LogP contribution in [0.4, 0.5) is 11.4 Å². The Morgan fingerprint density at radius 3 is 2.27 bits per heavy atom. The van der Waals surface area contributed by atoms with E-state index in [2.05, 4.69) is 5.32 Å². The first-order valence-corrected chi connectivity index (χ1v) is 7.79. The number of carboxylic acids is 1. The molecule has 1 unspecified atom stereocenters. The number of nitrogens with one attached hydrogen (secondary N) is 1. The summed E-state index contributed by atoms with van der Waals surface area (Å²) < 4.78 is 5.07. The first-order valence-electron chi connectivity index (χ1n) is 7.79. The van der Waals surface area contributed by atoms with Crippen LogP contribution in [0, 0.1) is 16.0 Å². The quantitative estimate of drug-likeness (QED) is 0.553. The number of hydrogen-bond donors (Lipinski definition) is 2. The first-order chi connectivity index (χ1) is 12.4. The van der Waals surface area contributed by atoms with Gasteiger partial charge in [0, 0.05) is 17.8 Å². The van der Waals surface area contributed by atoms with Gasteiger partial charge in [0.15, 0.2) is 0 Å². The Labute approximate surface area is 149 Å². The predicted octanol–water partition coefficient (Wildman–Crippen LogP) is 2.88. The number of nitrogens with zero attached hydrogens (tertiary/aromatic N) is 1. The number of rotatable bonds is 8. The summed E-state index contributed by atoms with van der Waals surface area (Å²) in [6.07, 6.45) is -0.0834. The van der Waals surface area contributed by atoms with Crippen LogP contribution >= 0.6 is 0 Å². The molecule has 0 saturated carbocycles. The zero-order valence-electron chi connectivity index (χ0n) is 14.0. The Bertz CT molecular complexity index is 786. The van der Waals surface area contributed by atoms with E-state index >= 15 is 0 Å². The number of nitro groups is 1. The Kier molecular flexibility index (Phi) is 6.26. The smallest absolute Gasteiger partial charge is 0.304 e. The van der Waals surface area contributed by atoms with Crippen molar-refractivity contribution in [3.05, 3.63) is 64.2 Å². The zero-order valence-corrected chi connectivity index (χ0v) is 14.0. The fraction of sp³-hybridized carbons (Fsp3) is 0.222. The van der Waals surface area contributed by atoms with Crippen LogP contribution in [0.1, 0.15) is 12.0 Å². The van der Waals surface area contributed by atoms with Gasteiger partial charge in [-0.15, -0.1) is 0 Å². The summed E-state index contributed by atoms with van der Waals surface area (Å²) in [5.74, 6) is -1.66. The van der Waals surface area contributed by atoms with Crippen LogP contribution in [0.2, 0.25) is 0 Å². The summed E-state index contributed by atoms with van der Waals surface area (Å²) in [5, 5.41) is 22.3. The van der Waals surface area contributed by atoms with Crippen molar-refractivity contribution in [1.29, 1.82) is 0 Å². The van der Waals surface area contributed by atoms with Crippen molar-refractivity contribution >= 4 is 23.3 Å². The number of aliphatic carboxylic acids is 1. The van der Waals surface area contributed by atoms with Crippen molar-refractivity contribution in [2.75, 3.05) is 12.4 Å². The molecule has 0 radical (unpaired) electrons. The molecule has 0 aromatic heterocycles. The van der Waals surface area contributed by atoms with E-state index in [-0.39, 0.29) is 18.5 Å². The molecule has 0 heterocycles. The van der Waals surface area contributed by atoms with Crippen molar-refractivity contribution in [2.45, 2.75) is 12.8 Å². The summed E-state index contributed by atoms with van der Waals surface area (Å²) in [4.78, 5) is 33.7. The van der Waals surface area contributed by atoms with Gasteiger partial charge < -0.3 is 15.2 Å². The molecule has 0 aliphatic carbocycles. The number of carbonyl (C=O) groups excluding carboxylic acids is 1. The van der Waals surface area contributed by atoms with Crippen molar-refractivity contribution in [3.8, 4) is 5.75 Å². The van der Waals surface area contributed by atoms with Gasteiger partial charge >= 0.3 is 5.97 Å². The van der Waals surface area contributed by atoms with Gasteiger partial charge in [-0.25, -0.2) is 0 Å². The molecule has 136 valence electrons. The van der Waals surface area contributed by atoms with Crippen LogP contribution in [0.15, 0.2) is 48.5 Å². The second-order valence-electron chi connectivity index (χ2n) is 5.64. The molecular formula is C18H18N2O6. The number of nitro benzene ring substituents is 1. The van der Waals surface area contributed by atoms with Crippen molar-refractivity contribution < 1.29 is 24.4 Å². The van der Waals surface area contributed by atoms with E-state index in [1.165, 1.54) is 24.3 Å². The van der Waals surface area contributed by atoms with Gasteiger partial charge in [0.05, 0.1) is 24.4 Å². The number of anilines is 1. The molecule has 0 bridgehead atoms. The molecule has 0 spiro atoms. The summed E-state index contributed by atoms with van der Waals surface area (Å²) in [6, 6.07) is 12.4. The lowest BCUT2D eigenvalue weighted by Crippen LogP contribution is -2.27. The molecular weight excluding hydrogens is 340 g/mol. The van der Waals surface area contributed by atoms with Crippen LogP contribution in [-0.4, -0.2) is 29.0 Å². The van der Waals surface area contributed by atoms with Crippen LogP contribution in [0.5, 0.6) is 5.75 Å². The molecule has 0 aliphatic heterocycles. The summed E-state index contributed by atoms with van der Waals surface area (Å²) in [7, 11) is 1.54. The average molecular weight is 358 g/mol. The molecule has 8 nitrogen and oxygen atoms in total. The van der Waals surface area contributed by atoms with E-state index in [1.807, 2.05) is 0 Å². The second-order valence-corrected chi connectivity index (χ2v) is 5.64. The third-order valence-electron chi connectivity index (χ3n) is 3.78. The minimum Gasteiger partial charge on any atom is -0.497 e. The van der Waals surface area contributed by atoms with Gasteiger partial charge in [-0.05, 0) is 36.2 Å². The molecule has 26 heavy (non-hydrogen) atoms. The zero-order chi connectivity index (χ0) is 19.1. The van der Waals surface area contributed by atoms with E-state index in [0.29, 0.717) is 11.4 Å². The fourth-order valence-corrected chi connectivity index (χ4v) is 2.43. The lowest BCUT2D eigenvalue weighted by atomic mass is 9.95. The maximum atomic E-state index is 12.5. The van der Waals surface area contributed by atoms with Crippen molar-refractivity contribution in [2.24, 2.45) is 5.92 Å². The Morgan fingerprint density at radius 1 is 1.15 bits per heavy atom. The molecule has 2 N–H and O–H groups in total. The van der Waals surface area contributed by atoms with Crippen LogP contribution in [0.25, 0.3) is 0 Å². The molecule has 0 fully saturated rings. The third kappa shape index (κ3) is 5.30. The highest BCUT2D eigenvalue weighted by Crippen LogP contribution is 2.20. The lowest BCUT2D eigenvalue weighted by molar-refractivity contribution is -0.384. The predicted molar refractivity (Wildman–Crippen MR) is 94.2 cm³/mol. The van der Waals surface area contributed by atoms with E-state index in [9.17, 15) is 19.7 Å². The van der Waals surface area contributed by atoms with Gasteiger partial charge in [-0.2, -0.15) is 0 Å². The third-order valence-corrected chi connectivity index (χ3v) is 3.78. The summed E-state index contributed by atoms with van der Waals surface area (Å²) in [5.41, 5.74) is 1.07. The monoisotopic (exact) mass is 358 g/mol. The fourth-order valence-electron chi connectivity index (χ4n) is 2.43. The highest BCUT2D eigenvalue weighted by Gasteiger charge is 2.22. The van der Waals surface area contributed by atoms with Crippen molar-refractivity contribution in [3.63, 3.8) is 0 Å². The van der Waals surface area contributed by atoms with E-state index in [0.717, 1.165) is 5.56 Å². The Morgan fingerprint density at radius 2 is 1.77 bits per heavy atom. The number of methoxy groups -OCH3 is 1. The maximum Gasteiger partial charge on any atom is 0.304 e. The van der Waals surface area contributed by atoms with Gasteiger partial charge in [0.25, 0.3) is 5.69 Å². The second kappa shape index (κ2) is 8.61. The minimum atomic E-state index is -1.08. The average Bonchev–Trinajstić information content (AvgIpc) is 2.62. The van der Waals surface area contributed by atoms with Crippen LogP contribution in [-0.2, 0) is 16.0 Å². The molecule has 0 aliphatic rings. The highest BCUT2D eigenvalue weighted by molar-refractivity contribution is 5.94. The standard InChI is InChI=1S/C18H18N2O6/c1-26-16-8-2-12(3-9-16)10-13(11-17(21)22)18(23)19-14-4-6-15(7-5-14)20(24)25/h2-9,13H,10-11H2,1H3,(H,19,23)(H,21,22). The van der Waals surface area contributed by atoms with Crippen molar-refractivity contribution in [1.82, 2.24) is 0 Å². The normalized spacial score (nSPS) is 11.4. The molecule has 8 heteroatoms. The van der Waals surface area contributed by atoms with Gasteiger partial charge in [0.1, 0.15) is 5.75 Å². The Hall–Kier alpha value is -3.42. The van der Waals surface area contributed by atoms with Gasteiger partial charge in [-0.3, -0.25) is 19.7 Å². The molecule has 2 rings (SSSR count). The van der Waals surface area contributed by atoms with Gasteiger partial charge in [0.2, 0.25) is 5.91 Å². The number of hydrogen-bond acceptors (Lipinski definition) is 5. The minimum absolute atomic E-state index is 0.0942. The number of carbonyl (C=O) groups is 2. The summed E-state index contributed by atoms with van der Waals surface area (Å²) >= 11 is 0. The molecule has 2 aromatic carbocycles. The largest absolute Gasteiger partial charge is 0.497 e. The molecule has 1 amide bonds. The highest BCUT2D eigenvalue weighted by atomic mass is 16.6. The first kappa shape index (κ1) is 18.9. The number of benzene rings is 2. The van der Waals surface area contributed by atoms with E-state index in [1.54, 1.807) is 31.4 Å². The lowest BCUT2D eigenvalue weighted by Gasteiger charge is -2.15. The van der Waals surface area contributed by atoms with Crippen LogP contribution in [0.3, 0.4) is 0 Å². The number of ether oxygens (including phenoxy) is 1. The number of amides is 1. The Balaban J connectivity index is 2.10. The van der Waals surface area contributed by atoms with E-state index in [4.69, 9.17) is 9.84 Å². The molecule has 0 saturated heterocycles. The SMILES string of the molecule is COc1ccc(CC(CC(=O)O)C(=O)Nc2ccc([N+](=O)[O-])cc2)cc1. The van der Waals surface area contributed by atoms with Crippen LogP contribution < -0.4 is 10.1 Å².